The third kappa shape index (κ3) is 5.12. The number of halogens is 1. The molecule has 1 rings (SSSR count). The molecule has 2 unspecified atom stereocenters. The molecule has 0 aromatic heterocycles. The highest BCUT2D eigenvalue weighted by atomic mass is 19.1. The number of hydrogen-bond acceptors (Lipinski definition) is 3. The van der Waals surface area contributed by atoms with E-state index in [-0.39, 0.29) is 12.4 Å². The standard InChI is InChI=1S/C14H22FNO2/c1-2-11(6-7-17)9-16-10-14(18)12-4-3-5-13(15)8-12/h3-5,8,11,14,16-18H,2,6-7,9-10H2,1H3. The molecule has 0 amide bonds. The molecule has 0 radical (unpaired) electrons. The van der Waals surface area contributed by atoms with Crippen LogP contribution in [0.4, 0.5) is 4.39 Å². The van der Waals surface area contributed by atoms with Crippen molar-refractivity contribution in [2.75, 3.05) is 19.7 Å². The molecule has 0 fully saturated rings. The smallest absolute Gasteiger partial charge is 0.123 e. The molecule has 3 nitrogen and oxygen atoms in total. The second kappa shape index (κ2) is 8.19. The average Bonchev–Trinajstić information content (AvgIpc) is 2.37. The predicted octanol–water partition coefficient (Wildman–Crippen LogP) is 1.86. The molecule has 0 bridgehead atoms. The van der Waals surface area contributed by atoms with Gasteiger partial charge in [0.1, 0.15) is 5.82 Å². The second-order valence-electron chi connectivity index (χ2n) is 4.52. The van der Waals surface area contributed by atoms with Crippen molar-refractivity contribution in [3.05, 3.63) is 35.6 Å². The zero-order valence-electron chi connectivity index (χ0n) is 10.8. The van der Waals surface area contributed by atoms with Gasteiger partial charge in [0, 0.05) is 13.2 Å². The van der Waals surface area contributed by atoms with Crippen LogP contribution in [0.15, 0.2) is 24.3 Å². The minimum Gasteiger partial charge on any atom is -0.396 e. The SMILES string of the molecule is CCC(CCO)CNCC(O)c1cccc(F)c1. The molecular weight excluding hydrogens is 233 g/mol. The topological polar surface area (TPSA) is 52.5 Å². The summed E-state index contributed by atoms with van der Waals surface area (Å²) in [6, 6.07) is 6.00. The number of hydrogen-bond donors (Lipinski definition) is 3. The van der Waals surface area contributed by atoms with Gasteiger partial charge >= 0.3 is 0 Å². The first kappa shape index (κ1) is 15.1. The Bertz CT molecular complexity index is 346. The molecule has 0 aliphatic carbocycles. The van der Waals surface area contributed by atoms with Gasteiger partial charge in [-0.3, -0.25) is 0 Å². The average molecular weight is 255 g/mol. The molecule has 2 atom stereocenters. The van der Waals surface area contributed by atoms with Crippen LogP contribution in [0.25, 0.3) is 0 Å². The van der Waals surface area contributed by atoms with Gasteiger partial charge < -0.3 is 15.5 Å². The van der Waals surface area contributed by atoms with Crippen LogP contribution < -0.4 is 5.32 Å². The fourth-order valence-corrected chi connectivity index (χ4v) is 1.89. The summed E-state index contributed by atoms with van der Waals surface area (Å²) in [6.07, 6.45) is 1.05. The van der Waals surface area contributed by atoms with E-state index >= 15 is 0 Å². The summed E-state index contributed by atoms with van der Waals surface area (Å²) in [7, 11) is 0. The Morgan fingerprint density at radius 1 is 1.33 bits per heavy atom. The fourth-order valence-electron chi connectivity index (χ4n) is 1.89. The summed E-state index contributed by atoms with van der Waals surface area (Å²) in [5, 5.41) is 21.9. The number of rotatable bonds is 8. The fraction of sp³-hybridized carbons (Fsp3) is 0.571. The molecule has 18 heavy (non-hydrogen) atoms. The van der Waals surface area contributed by atoms with Crippen LogP contribution >= 0.6 is 0 Å². The summed E-state index contributed by atoms with van der Waals surface area (Å²) in [5.74, 6) is 0.0768. The first-order chi connectivity index (χ1) is 8.67. The molecule has 0 heterocycles. The van der Waals surface area contributed by atoms with E-state index < -0.39 is 6.10 Å². The van der Waals surface area contributed by atoms with Crippen LogP contribution in [0.1, 0.15) is 31.4 Å². The third-order valence-corrected chi connectivity index (χ3v) is 3.12. The minimum atomic E-state index is -0.702. The monoisotopic (exact) mass is 255 g/mol. The Morgan fingerprint density at radius 3 is 2.72 bits per heavy atom. The summed E-state index contributed by atoms with van der Waals surface area (Å²) >= 11 is 0. The van der Waals surface area contributed by atoms with Crippen molar-refractivity contribution >= 4 is 0 Å². The lowest BCUT2D eigenvalue weighted by Crippen LogP contribution is -2.27. The van der Waals surface area contributed by atoms with Crippen molar-refractivity contribution in [2.45, 2.75) is 25.9 Å². The molecule has 0 saturated carbocycles. The van der Waals surface area contributed by atoms with E-state index in [1.165, 1.54) is 12.1 Å². The normalized spacial score (nSPS) is 14.4. The van der Waals surface area contributed by atoms with Crippen LogP contribution in [-0.2, 0) is 0 Å². The quantitative estimate of drug-likeness (QED) is 0.664. The van der Waals surface area contributed by atoms with E-state index in [2.05, 4.69) is 12.2 Å². The Labute approximate surface area is 108 Å². The Balaban J connectivity index is 2.34. The number of aliphatic hydroxyl groups is 2. The van der Waals surface area contributed by atoms with Gasteiger partial charge in [0.05, 0.1) is 6.10 Å². The van der Waals surface area contributed by atoms with Crippen LogP contribution in [0.5, 0.6) is 0 Å². The number of aliphatic hydroxyl groups excluding tert-OH is 2. The van der Waals surface area contributed by atoms with Crippen LogP contribution in [0, 0.1) is 11.7 Å². The van der Waals surface area contributed by atoms with Gasteiger partial charge in [-0.05, 0) is 36.6 Å². The van der Waals surface area contributed by atoms with E-state index in [0.29, 0.717) is 18.0 Å². The maximum atomic E-state index is 13.0. The highest BCUT2D eigenvalue weighted by Crippen LogP contribution is 2.13. The van der Waals surface area contributed by atoms with Crippen molar-refractivity contribution < 1.29 is 14.6 Å². The first-order valence-electron chi connectivity index (χ1n) is 6.42. The molecule has 0 saturated heterocycles. The molecule has 1 aromatic carbocycles. The largest absolute Gasteiger partial charge is 0.396 e. The van der Waals surface area contributed by atoms with Gasteiger partial charge in [0.15, 0.2) is 0 Å². The molecule has 0 aliphatic rings. The summed E-state index contributed by atoms with van der Waals surface area (Å²) in [4.78, 5) is 0. The van der Waals surface area contributed by atoms with E-state index in [9.17, 15) is 9.50 Å². The lowest BCUT2D eigenvalue weighted by molar-refractivity contribution is 0.170. The Kier molecular flexibility index (Phi) is 6.86. The van der Waals surface area contributed by atoms with Gasteiger partial charge in [0.2, 0.25) is 0 Å². The molecule has 1 aromatic rings. The van der Waals surface area contributed by atoms with Crippen LogP contribution in [0.3, 0.4) is 0 Å². The molecule has 4 heteroatoms. The highest BCUT2D eigenvalue weighted by molar-refractivity contribution is 5.18. The molecule has 3 N–H and O–H groups in total. The van der Waals surface area contributed by atoms with E-state index in [1.807, 2.05) is 0 Å². The van der Waals surface area contributed by atoms with E-state index in [1.54, 1.807) is 12.1 Å². The van der Waals surface area contributed by atoms with Crippen LogP contribution in [-0.4, -0.2) is 29.9 Å². The molecule has 0 aliphatic heterocycles. The maximum absolute atomic E-state index is 13.0. The zero-order chi connectivity index (χ0) is 13.4. The van der Waals surface area contributed by atoms with Crippen LogP contribution in [0.2, 0.25) is 0 Å². The maximum Gasteiger partial charge on any atom is 0.123 e. The summed E-state index contributed by atoms with van der Waals surface area (Å²) in [6.45, 7) is 3.41. The second-order valence-corrected chi connectivity index (χ2v) is 4.52. The zero-order valence-corrected chi connectivity index (χ0v) is 10.8. The van der Waals surface area contributed by atoms with Gasteiger partial charge in [-0.1, -0.05) is 25.5 Å². The van der Waals surface area contributed by atoms with Gasteiger partial charge in [-0.2, -0.15) is 0 Å². The van der Waals surface area contributed by atoms with Crippen molar-refractivity contribution in [3.8, 4) is 0 Å². The van der Waals surface area contributed by atoms with Gasteiger partial charge in [0.25, 0.3) is 0 Å². The third-order valence-electron chi connectivity index (χ3n) is 3.12. The number of nitrogens with one attached hydrogen (secondary N) is 1. The lowest BCUT2D eigenvalue weighted by atomic mass is 10.0. The van der Waals surface area contributed by atoms with E-state index in [0.717, 1.165) is 19.4 Å². The Morgan fingerprint density at radius 2 is 2.11 bits per heavy atom. The molecule has 102 valence electrons. The summed E-state index contributed by atoms with van der Waals surface area (Å²) in [5.41, 5.74) is 0.581. The van der Waals surface area contributed by atoms with Crippen molar-refractivity contribution in [1.29, 1.82) is 0 Å². The highest BCUT2D eigenvalue weighted by Gasteiger charge is 2.10. The van der Waals surface area contributed by atoms with Crippen molar-refractivity contribution in [2.24, 2.45) is 5.92 Å². The predicted molar refractivity (Wildman–Crippen MR) is 69.7 cm³/mol. The molecule has 0 spiro atoms. The van der Waals surface area contributed by atoms with E-state index in [4.69, 9.17) is 5.11 Å². The van der Waals surface area contributed by atoms with Gasteiger partial charge in [-0.15, -0.1) is 0 Å². The van der Waals surface area contributed by atoms with Crippen molar-refractivity contribution in [3.63, 3.8) is 0 Å². The van der Waals surface area contributed by atoms with Gasteiger partial charge in [-0.25, -0.2) is 4.39 Å². The summed E-state index contributed by atoms with van der Waals surface area (Å²) < 4.78 is 13.0. The lowest BCUT2D eigenvalue weighted by Gasteiger charge is -2.17. The first-order valence-corrected chi connectivity index (χ1v) is 6.42. The van der Waals surface area contributed by atoms with Crippen molar-refractivity contribution in [1.82, 2.24) is 5.32 Å². The molecular formula is C14H22FNO2. The minimum absolute atomic E-state index is 0.187. The number of benzene rings is 1. The Hall–Kier alpha value is -0.970.